The van der Waals surface area contributed by atoms with Gasteiger partial charge in [0.1, 0.15) is 18.5 Å². The summed E-state index contributed by atoms with van der Waals surface area (Å²) in [4.78, 5) is 16.2. The van der Waals surface area contributed by atoms with Crippen molar-refractivity contribution in [3.05, 3.63) is 71.0 Å². The fourth-order valence-corrected chi connectivity index (χ4v) is 2.57. The zero-order valence-corrected chi connectivity index (χ0v) is 12.6. The highest BCUT2D eigenvalue weighted by Gasteiger charge is 2.22. The molecule has 0 saturated carbocycles. The minimum absolute atomic E-state index is 0.0471. The Morgan fingerprint density at radius 1 is 1.04 bits per heavy atom. The van der Waals surface area contributed by atoms with E-state index in [1.54, 1.807) is 0 Å². The van der Waals surface area contributed by atoms with Crippen LogP contribution in [0.25, 0.3) is 0 Å². The van der Waals surface area contributed by atoms with Crippen LogP contribution in [0.2, 0.25) is 0 Å². The molecule has 3 nitrogen and oxygen atoms in total. The number of ether oxygens (including phenoxy) is 1. The summed E-state index contributed by atoms with van der Waals surface area (Å²) >= 11 is 0. The first-order valence-corrected chi connectivity index (χ1v) is 7.42. The van der Waals surface area contributed by atoms with Crippen LogP contribution in [0, 0.1) is 17.5 Å². The average Bonchev–Trinajstić information content (AvgIpc) is 2.75. The number of hydrogen-bond donors (Lipinski definition) is 0. The van der Waals surface area contributed by atoms with Crippen molar-refractivity contribution in [3.63, 3.8) is 0 Å². The molecule has 1 atom stereocenters. The number of halogens is 3. The fourth-order valence-electron chi connectivity index (χ4n) is 2.57. The van der Waals surface area contributed by atoms with Gasteiger partial charge in [0.05, 0.1) is 6.42 Å². The van der Waals surface area contributed by atoms with Crippen LogP contribution in [-0.4, -0.2) is 18.3 Å². The molecule has 0 N–H and O–H groups in total. The Kier molecular flexibility index (Phi) is 4.64. The van der Waals surface area contributed by atoms with Gasteiger partial charge in [-0.3, -0.25) is 9.79 Å². The quantitative estimate of drug-likeness (QED) is 0.633. The van der Waals surface area contributed by atoms with E-state index in [-0.39, 0.29) is 25.0 Å². The topological polar surface area (TPSA) is 38.7 Å². The molecule has 24 heavy (non-hydrogen) atoms. The van der Waals surface area contributed by atoms with Gasteiger partial charge in [-0.05, 0) is 17.2 Å². The summed E-state index contributed by atoms with van der Waals surface area (Å²) in [7, 11) is 0. The standard InChI is InChI=1S/C18H14F3NO2/c19-14-9-16(21)15(20)7-12(14)6-13-8-18(23)24-10-17(22-13)11-4-2-1-3-5-11/h1-5,7,9,17H,6,8,10H2. The van der Waals surface area contributed by atoms with Gasteiger partial charge in [0, 0.05) is 18.2 Å². The monoisotopic (exact) mass is 333 g/mol. The minimum atomic E-state index is -1.25. The van der Waals surface area contributed by atoms with E-state index in [4.69, 9.17) is 4.74 Å². The summed E-state index contributed by atoms with van der Waals surface area (Å²) in [6.07, 6.45) is -0.191. The first kappa shape index (κ1) is 16.2. The average molecular weight is 333 g/mol. The summed E-state index contributed by atoms with van der Waals surface area (Å²) in [5.74, 6) is -3.73. The van der Waals surface area contributed by atoms with Crippen LogP contribution in [0.1, 0.15) is 23.6 Å². The Balaban J connectivity index is 1.90. The summed E-state index contributed by atoms with van der Waals surface area (Å²) < 4.78 is 45.3. The number of rotatable bonds is 3. The molecule has 6 heteroatoms. The Bertz CT molecular complexity index is 790. The second-order valence-corrected chi connectivity index (χ2v) is 5.52. The maximum Gasteiger partial charge on any atom is 0.311 e. The lowest BCUT2D eigenvalue weighted by molar-refractivity contribution is -0.142. The molecule has 0 fully saturated rings. The van der Waals surface area contributed by atoms with Crippen LogP contribution >= 0.6 is 0 Å². The van der Waals surface area contributed by atoms with Crippen LogP contribution < -0.4 is 0 Å². The zero-order chi connectivity index (χ0) is 17.1. The zero-order valence-electron chi connectivity index (χ0n) is 12.6. The van der Waals surface area contributed by atoms with E-state index in [0.29, 0.717) is 11.8 Å². The maximum absolute atomic E-state index is 13.8. The molecule has 0 bridgehead atoms. The molecule has 2 aromatic carbocycles. The molecule has 0 aromatic heterocycles. The van der Waals surface area contributed by atoms with E-state index in [9.17, 15) is 18.0 Å². The number of benzene rings is 2. The molecule has 1 aliphatic rings. The Labute approximate surface area is 136 Å². The van der Waals surface area contributed by atoms with Gasteiger partial charge in [-0.25, -0.2) is 13.2 Å². The van der Waals surface area contributed by atoms with Crippen LogP contribution in [0.3, 0.4) is 0 Å². The molecule has 1 unspecified atom stereocenters. The van der Waals surface area contributed by atoms with Gasteiger partial charge >= 0.3 is 5.97 Å². The van der Waals surface area contributed by atoms with Gasteiger partial charge in [-0.2, -0.15) is 0 Å². The van der Waals surface area contributed by atoms with Crippen molar-refractivity contribution < 1.29 is 22.7 Å². The first-order valence-electron chi connectivity index (χ1n) is 7.42. The van der Waals surface area contributed by atoms with E-state index < -0.39 is 29.5 Å². The Morgan fingerprint density at radius 2 is 1.75 bits per heavy atom. The Morgan fingerprint density at radius 3 is 2.50 bits per heavy atom. The van der Waals surface area contributed by atoms with Crippen molar-refractivity contribution in [2.45, 2.75) is 18.9 Å². The molecule has 1 aliphatic heterocycles. The third kappa shape index (κ3) is 3.64. The van der Waals surface area contributed by atoms with E-state index in [0.717, 1.165) is 11.6 Å². The van der Waals surface area contributed by atoms with E-state index in [1.165, 1.54) is 0 Å². The normalized spacial score (nSPS) is 17.9. The number of nitrogens with zero attached hydrogens (tertiary/aromatic N) is 1. The number of esters is 1. The largest absolute Gasteiger partial charge is 0.463 e. The smallest absolute Gasteiger partial charge is 0.311 e. The minimum Gasteiger partial charge on any atom is -0.463 e. The van der Waals surface area contributed by atoms with Crippen molar-refractivity contribution in [3.8, 4) is 0 Å². The van der Waals surface area contributed by atoms with Crippen molar-refractivity contribution in [1.29, 1.82) is 0 Å². The second kappa shape index (κ2) is 6.86. The van der Waals surface area contributed by atoms with E-state index >= 15 is 0 Å². The summed E-state index contributed by atoms with van der Waals surface area (Å²) in [6.45, 7) is 0.0899. The molecule has 0 aliphatic carbocycles. The molecule has 0 spiro atoms. The molecule has 0 radical (unpaired) electrons. The summed E-state index contributed by atoms with van der Waals surface area (Å²) in [6, 6.07) is 10.1. The van der Waals surface area contributed by atoms with Crippen LogP contribution in [0.15, 0.2) is 47.5 Å². The Hall–Kier alpha value is -2.63. The SMILES string of the molecule is O=C1CC(Cc2cc(F)c(F)cc2F)=NC(c2ccccc2)CO1. The molecule has 0 amide bonds. The van der Waals surface area contributed by atoms with Crippen molar-refractivity contribution in [1.82, 2.24) is 0 Å². The number of cyclic esters (lactones) is 1. The maximum atomic E-state index is 13.8. The van der Waals surface area contributed by atoms with Gasteiger partial charge in [0.25, 0.3) is 0 Å². The van der Waals surface area contributed by atoms with Crippen molar-refractivity contribution in [2.75, 3.05) is 6.61 Å². The van der Waals surface area contributed by atoms with E-state index in [1.807, 2.05) is 30.3 Å². The third-order valence-electron chi connectivity index (χ3n) is 3.76. The molecule has 3 rings (SSSR count). The molecule has 1 heterocycles. The van der Waals surface area contributed by atoms with Crippen molar-refractivity contribution >= 4 is 11.7 Å². The van der Waals surface area contributed by atoms with Gasteiger partial charge in [0.2, 0.25) is 0 Å². The fraction of sp³-hybridized carbons (Fsp3) is 0.222. The highest BCUT2D eigenvalue weighted by atomic mass is 19.2. The van der Waals surface area contributed by atoms with Gasteiger partial charge < -0.3 is 4.74 Å². The lowest BCUT2D eigenvalue weighted by atomic mass is 10.0. The number of carbonyl (C=O) groups excluding carboxylic acids is 1. The molecule has 0 saturated heterocycles. The summed E-state index contributed by atoms with van der Waals surface area (Å²) in [5.41, 5.74) is 1.18. The number of hydrogen-bond acceptors (Lipinski definition) is 3. The van der Waals surface area contributed by atoms with E-state index in [2.05, 4.69) is 4.99 Å². The highest BCUT2D eigenvalue weighted by Crippen LogP contribution is 2.23. The van der Waals surface area contributed by atoms with Gasteiger partial charge in [-0.1, -0.05) is 30.3 Å². The molecule has 124 valence electrons. The predicted molar refractivity (Wildman–Crippen MR) is 82.2 cm³/mol. The lowest BCUT2D eigenvalue weighted by Gasteiger charge is -2.11. The van der Waals surface area contributed by atoms with Crippen LogP contribution in [0.5, 0.6) is 0 Å². The lowest BCUT2D eigenvalue weighted by Crippen LogP contribution is -2.11. The van der Waals surface area contributed by atoms with Gasteiger partial charge in [0.15, 0.2) is 11.6 Å². The molecule has 2 aromatic rings. The molecular weight excluding hydrogens is 319 g/mol. The van der Waals surface area contributed by atoms with Gasteiger partial charge in [-0.15, -0.1) is 0 Å². The number of aliphatic imine (C=N–C) groups is 1. The molecular formula is C18H14F3NO2. The summed E-state index contributed by atoms with van der Waals surface area (Å²) in [5, 5.41) is 0. The predicted octanol–water partition coefficient (Wildman–Crippen LogP) is 3.78. The van der Waals surface area contributed by atoms with Crippen LogP contribution in [0.4, 0.5) is 13.2 Å². The van der Waals surface area contributed by atoms with Crippen LogP contribution in [-0.2, 0) is 16.0 Å². The highest BCUT2D eigenvalue weighted by molar-refractivity contribution is 6.00. The number of carbonyl (C=O) groups is 1. The second-order valence-electron chi connectivity index (χ2n) is 5.52. The third-order valence-corrected chi connectivity index (χ3v) is 3.76. The first-order chi connectivity index (χ1) is 11.5. The van der Waals surface area contributed by atoms with Crippen molar-refractivity contribution in [2.24, 2.45) is 4.99 Å².